The van der Waals surface area contributed by atoms with Crippen molar-refractivity contribution in [2.75, 3.05) is 13.2 Å². The van der Waals surface area contributed by atoms with Gasteiger partial charge in [0.2, 0.25) is 5.88 Å². The maximum atomic E-state index is 8.84. The highest BCUT2D eigenvalue weighted by molar-refractivity contribution is 5.41. The lowest BCUT2D eigenvalue weighted by molar-refractivity contribution is 0.223. The Bertz CT molecular complexity index is 352. The molecule has 0 spiro atoms. The van der Waals surface area contributed by atoms with Crippen LogP contribution in [0.1, 0.15) is 17.7 Å². The van der Waals surface area contributed by atoms with Crippen LogP contribution in [0, 0.1) is 18.3 Å². The first-order valence-corrected chi connectivity index (χ1v) is 4.38. The van der Waals surface area contributed by atoms with Crippen LogP contribution in [0.2, 0.25) is 0 Å². The van der Waals surface area contributed by atoms with Crippen molar-refractivity contribution >= 4 is 0 Å². The molecule has 1 N–H and O–H groups in total. The highest BCUT2D eigenvalue weighted by Gasteiger charge is 2.13. The summed E-state index contributed by atoms with van der Waals surface area (Å²) in [5.74, 6) is 0.471. The van der Waals surface area contributed by atoms with Crippen LogP contribution < -0.4 is 4.74 Å². The molecule has 0 aromatic carbocycles. The number of nitrogens with zero attached hydrogens (tertiary/aromatic N) is 3. The first-order chi connectivity index (χ1) is 6.70. The van der Waals surface area contributed by atoms with Crippen molar-refractivity contribution in [1.29, 1.82) is 5.26 Å². The molecule has 1 heterocycles. The lowest BCUT2D eigenvalue weighted by Gasteiger charge is -2.04. The Balaban J connectivity index is 2.80. The fourth-order valence-electron chi connectivity index (χ4n) is 1.16. The van der Waals surface area contributed by atoms with Gasteiger partial charge in [0.15, 0.2) is 0 Å². The van der Waals surface area contributed by atoms with Gasteiger partial charge in [0.25, 0.3) is 0 Å². The summed E-state index contributed by atoms with van der Waals surface area (Å²) < 4.78 is 6.87. The summed E-state index contributed by atoms with van der Waals surface area (Å²) in [5, 5.41) is 21.5. The summed E-state index contributed by atoms with van der Waals surface area (Å²) in [4.78, 5) is 0. The Morgan fingerprint density at radius 1 is 1.64 bits per heavy atom. The van der Waals surface area contributed by atoms with Gasteiger partial charge in [0, 0.05) is 20.1 Å². The van der Waals surface area contributed by atoms with E-state index in [0.29, 0.717) is 30.2 Å². The second-order valence-corrected chi connectivity index (χ2v) is 2.93. The highest BCUT2D eigenvalue weighted by atomic mass is 16.5. The zero-order chi connectivity index (χ0) is 10.6. The molecule has 0 aliphatic heterocycles. The number of rotatable bonds is 4. The molecule has 0 aliphatic carbocycles. The van der Waals surface area contributed by atoms with Crippen molar-refractivity contribution in [3.05, 3.63) is 11.3 Å². The van der Waals surface area contributed by atoms with Gasteiger partial charge in [0.05, 0.1) is 12.3 Å². The Kier molecular flexibility index (Phi) is 3.48. The zero-order valence-corrected chi connectivity index (χ0v) is 8.32. The molecule has 14 heavy (non-hydrogen) atoms. The third-order valence-electron chi connectivity index (χ3n) is 1.82. The molecule has 0 bridgehead atoms. The average molecular weight is 195 g/mol. The molecule has 0 unspecified atom stereocenters. The summed E-state index contributed by atoms with van der Waals surface area (Å²) >= 11 is 0. The van der Waals surface area contributed by atoms with Crippen LogP contribution in [0.15, 0.2) is 0 Å². The number of aliphatic hydroxyl groups is 1. The molecule has 1 aromatic heterocycles. The number of aryl methyl sites for hydroxylation is 2. The predicted octanol–water partition coefficient (Wildman–Crippen LogP) is 0.361. The number of hydrogen-bond donors (Lipinski definition) is 1. The van der Waals surface area contributed by atoms with Crippen molar-refractivity contribution in [3.63, 3.8) is 0 Å². The molecular weight excluding hydrogens is 182 g/mol. The molecular formula is C9H13N3O2. The van der Waals surface area contributed by atoms with E-state index < -0.39 is 0 Å². The first-order valence-electron chi connectivity index (χ1n) is 4.38. The average Bonchev–Trinajstić information content (AvgIpc) is 2.42. The summed E-state index contributed by atoms with van der Waals surface area (Å²) in [6.07, 6.45) is 0.551. The molecule has 5 heteroatoms. The summed E-state index contributed by atoms with van der Waals surface area (Å²) in [6, 6.07) is 2.04. The number of nitriles is 1. The molecule has 0 saturated carbocycles. The van der Waals surface area contributed by atoms with E-state index in [1.165, 1.54) is 4.68 Å². The lowest BCUT2D eigenvalue weighted by atomic mass is 10.3. The van der Waals surface area contributed by atoms with Gasteiger partial charge in [-0.1, -0.05) is 0 Å². The molecule has 76 valence electrons. The molecule has 0 amide bonds. The molecule has 5 nitrogen and oxygen atoms in total. The maximum absolute atomic E-state index is 8.84. The Morgan fingerprint density at radius 2 is 2.36 bits per heavy atom. The Morgan fingerprint density at radius 3 is 2.93 bits per heavy atom. The van der Waals surface area contributed by atoms with Crippen molar-refractivity contribution in [1.82, 2.24) is 9.78 Å². The van der Waals surface area contributed by atoms with Crippen molar-refractivity contribution in [2.45, 2.75) is 13.3 Å². The van der Waals surface area contributed by atoms with Crippen LogP contribution in [-0.4, -0.2) is 28.1 Å². The standard InChI is InChI=1S/C9H13N3O2/c1-7-8(6-10)9(12(2)11-7)14-5-3-4-13/h13H,3-5H2,1-2H3. The molecule has 0 saturated heterocycles. The molecule has 0 radical (unpaired) electrons. The van der Waals surface area contributed by atoms with E-state index >= 15 is 0 Å². The molecule has 0 aliphatic rings. The van der Waals surface area contributed by atoms with Gasteiger partial charge in [-0.25, -0.2) is 4.68 Å². The molecule has 0 atom stereocenters. The van der Waals surface area contributed by atoms with Crippen LogP contribution in [0.4, 0.5) is 0 Å². The van der Waals surface area contributed by atoms with Gasteiger partial charge in [-0.3, -0.25) is 0 Å². The number of aromatic nitrogens is 2. The van der Waals surface area contributed by atoms with E-state index in [0.717, 1.165) is 0 Å². The van der Waals surface area contributed by atoms with Crippen molar-refractivity contribution < 1.29 is 9.84 Å². The second kappa shape index (κ2) is 4.63. The van der Waals surface area contributed by atoms with Crippen LogP contribution in [0.25, 0.3) is 0 Å². The molecule has 1 aromatic rings. The number of ether oxygens (including phenoxy) is 1. The first kappa shape index (κ1) is 10.5. The zero-order valence-electron chi connectivity index (χ0n) is 8.32. The van der Waals surface area contributed by atoms with E-state index in [1.807, 2.05) is 6.07 Å². The fraction of sp³-hybridized carbons (Fsp3) is 0.556. The van der Waals surface area contributed by atoms with Gasteiger partial charge in [-0.2, -0.15) is 10.4 Å². The third-order valence-corrected chi connectivity index (χ3v) is 1.82. The van der Waals surface area contributed by atoms with Gasteiger partial charge in [-0.15, -0.1) is 0 Å². The summed E-state index contributed by atoms with van der Waals surface area (Å²) in [5.41, 5.74) is 1.12. The van der Waals surface area contributed by atoms with E-state index in [-0.39, 0.29) is 6.61 Å². The Labute approximate surface area is 82.5 Å². The van der Waals surface area contributed by atoms with Crippen molar-refractivity contribution in [3.8, 4) is 11.9 Å². The molecule has 1 rings (SSSR count). The van der Waals surface area contributed by atoms with Crippen LogP contribution >= 0.6 is 0 Å². The SMILES string of the molecule is Cc1nn(C)c(OCCCO)c1C#N. The topological polar surface area (TPSA) is 71.1 Å². The summed E-state index contributed by atoms with van der Waals surface area (Å²) in [6.45, 7) is 2.24. The third kappa shape index (κ3) is 2.03. The largest absolute Gasteiger partial charge is 0.477 e. The monoisotopic (exact) mass is 195 g/mol. The van der Waals surface area contributed by atoms with E-state index in [2.05, 4.69) is 5.10 Å². The Hall–Kier alpha value is -1.54. The lowest BCUT2D eigenvalue weighted by Crippen LogP contribution is -2.04. The van der Waals surface area contributed by atoms with E-state index in [9.17, 15) is 0 Å². The summed E-state index contributed by atoms with van der Waals surface area (Å²) in [7, 11) is 1.72. The number of aliphatic hydroxyl groups excluding tert-OH is 1. The normalized spacial score (nSPS) is 9.86. The van der Waals surface area contributed by atoms with Gasteiger partial charge >= 0.3 is 0 Å². The van der Waals surface area contributed by atoms with Gasteiger partial charge in [0.1, 0.15) is 11.6 Å². The predicted molar refractivity (Wildman–Crippen MR) is 49.9 cm³/mol. The van der Waals surface area contributed by atoms with Gasteiger partial charge in [-0.05, 0) is 6.92 Å². The minimum atomic E-state index is 0.0821. The van der Waals surface area contributed by atoms with Gasteiger partial charge < -0.3 is 9.84 Å². The van der Waals surface area contributed by atoms with Crippen LogP contribution in [-0.2, 0) is 7.05 Å². The van der Waals surface area contributed by atoms with Crippen LogP contribution in [0.3, 0.4) is 0 Å². The quantitative estimate of drug-likeness (QED) is 0.704. The van der Waals surface area contributed by atoms with E-state index in [4.69, 9.17) is 15.1 Å². The fourth-order valence-corrected chi connectivity index (χ4v) is 1.16. The van der Waals surface area contributed by atoms with E-state index in [1.54, 1.807) is 14.0 Å². The minimum Gasteiger partial charge on any atom is -0.477 e. The second-order valence-electron chi connectivity index (χ2n) is 2.93. The van der Waals surface area contributed by atoms with Crippen LogP contribution in [0.5, 0.6) is 5.88 Å². The number of hydrogen-bond acceptors (Lipinski definition) is 4. The van der Waals surface area contributed by atoms with Crippen molar-refractivity contribution in [2.24, 2.45) is 7.05 Å². The highest BCUT2D eigenvalue weighted by Crippen LogP contribution is 2.19. The maximum Gasteiger partial charge on any atom is 0.230 e. The smallest absolute Gasteiger partial charge is 0.230 e. The minimum absolute atomic E-state index is 0.0821. The molecule has 0 fully saturated rings.